The zero-order valence-electron chi connectivity index (χ0n) is 12.7. The lowest BCUT2D eigenvalue weighted by molar-refractivity contribution is 0.0521. The first-order valence-electron chi connectivity index (χ1n) is 7.24. The highest BCUT2D eigenvalue weighted by molar-refractivity contribution is 6.38. The summed E-state index contributed by atoms with van der Waals surface area (Å²) < 4.78 is 19.5. The Morgan fingerprint density at radius 1 is 1.38 bits per heavy atom. The van der Waals surface area contributed by atoms with Crippen molar-refractivity contribution >= 4 is 28.5 Å². The number of rotatable bonds is 3. The van der Waals surface area contributed by atoms with Crippen molar-refractivity contribution in [1.82, 2.24) is 4.98 Å². The van der Waals surface area contributed by atoms with Crippen LogP contribution in [0.5, 0.6) is 0 Å². The van der Waals surface area contributed by atoms with Gasteiger partial charge in [0.1, 0.15) is 11.6 Å². The van der Waals surface area contributed by atoms with E-state index in [0.717, 1.165) is 5.56 Å². The van der Waals surface area contributed by atoms with Crippen molar-refractivity contribution in [3.05, 3.63) is 58.4 Å². The summed E-state index contributed by atoms with van der Waals surface area (Å²) >= 11 is 6.23. The zero-order chi connectivity index (χ0) is 17.3. The smallest absolute Gasteiger partial charge is 0.342 e. The number of nitriles is 1. The van der Waals surface area contributed by atoms with Crippen LogP contribution in [0, 0.1) is 17.1 Å². The maximum atomic E-state index is 14.6. The fourth-order valence-electron chi connectivity index (χ4n) is 2.55. The van der Waals surface area contributed by atoms with Gasteiger partial charge in [0, 0.05) is 11.1 Å². The van der Waals surface area contributed by atoms with E-state index in [-0.39, 0.29) is 17.2 Å². The Labute approximate surface area is 142 Å². The molecule has 120 valence electrons. The molecule has 0 aliphatic carbocycles. The predicted molar refractivity (Wildman–Crippen MR) is 89.4 cm³/mol. The molecule has 0 atom stereocenters. The number of nitrogens with zero attached hydrogens (tertiary/aromatic N) is 1. The van der Waals surface area contributed by atoms with Gasteiger partial charge in [-0.25, -0.2) is 9.18 Å². The summed E-state index contributed by atoms with van der Waals surface area (Å²) in [5.74, 6) is -1.86. The molecule has 0 fully saturated rings. The van der Waals surface area contributed by atoms with Crippen LogP contribution in [0.25, 0.3) is 22.2 Å². The van der Waals surface area contributed by atoms with Crippen molar-refractivity contribution in [3.8, 4) is 17.3 Å². The molecule has 0 unspecified atom stereocenters. The molecule has 24 heavy (non-hydrogen) atoms. The fourth-order valence-corrected chi connectivity index (χ4v) is 2.86. The van der Waals surface area contributed by atoms with Gasteiger partial charge in [0.05, 0.1) is 22.7 Å². The van der Waals surface area contributed by atoms with Crippen molar-refractivity contribution in [1.29, 1.82) is 5.26 Å². The molecule has 0 aliphatic rings. The average molecular weight is 343 g/mol. The lowest BCUT2D eigenvalue weighted by atomic mass is 10.0. The molecule has 1 heterocycles. The van der Waals surface area contributed by atoms with Crippen molar-refractivity contribution < 1.29 is 13.9 Å². The summed E-state index contributed by atoms with van der Waals surface area (Å²) in [6.45, 7) is 1.68. The summed E-state index contributed by atoms with van der Waals surface area (Å²) in [4.78, 5) is 15.1. The lowest BCUT2D eigenvalue weighted by Gasteiger charge is -2.08. The second kappa shape index (κ2) is 6.34. The van der Waals surface area contributed by atoms with E-state index in [2.05, 4.69) is 4.98 Å². The quantitative estimate of drug-likeness (QED) is 0.703. The SMILES string of the molecule is CCOC(=O)c1c(F)c(C#N)c2cc(-c3ccccc3)[nH]c2c1Cl. The number of halogens is 2. The van der Waals surface area contributed by atoms with Gasteiger partial charge in [0.15, 0.2) is 5.82 Å². The molecule has 3 aromatic rings. The van der Waals surface area contributed by atoms with Crippen LogP contribution in [0.2, 0.25) is 5.02 Å². The second-order valence-corrected chi connectivity index (χ2v) is 5.43. The standard InChI is InChI=1S/C18H12ClFN2O2/c1-2-24-18(23)14-15(19)17-11(12(9-21)16(14)20)8-13(22-17)10-6-4-3-5-7-10/h3-8,22H,2H2,1H3. The number of carbonyl (C=O) groups excluding carboxylic acids is 1. The van der Waals surface area contributed by atoms with E-state index in [0.29, 0.717) is 16.6 Å². The molecule has 0 spiro atoms. The van der Waals surface area contributed by atoms with Crippen LogP contribution in [0.3, 0.4) is 0 Å². The average Bonchev–Trinajstić information content (AvgIpc) is 3.02. The Morgan fingerprint density at radius 2 is 2.08 bits per heavy atom. The third-order valence-electron chi connectivity index (χ3n) is 3.64. The Bertz CT molecular complexity index is 974. The number of aromatic amines is 1. The number of hydrogen-bond acceptors (Lipinski definition) is 3. The first-order chi connectivity index (χ1) is 11.6. The molecule has 3 rings (SSSR count). The van der Waals surface area contributed by atoms with Gasteiger partial charge in [-0.05, 0) is 18.6 Å². The number of aromatic nitrogens is 1. The highest BCUT2D eigenvalue weighted by Crippen LogP contribution is 2.36. The second-order valence-electron chi connectivity index (χ2n) is 5.05. The van der Waals surface area contributed by atoms with E-state index in [1.807, 2.05) is 30.3 Å². The summed E-state index contributed by atoms with van der Waals surface area (Å²) in [5.41, 5.74) is 1.19. The molecule has 1 N–H and O–H groups in total. The monoisotopic (exact) mass is 342 g/mol. The number of ether oxygens (including phenoxy) is 1. The Hall–Kier alpha value is -2.84. The third kappa shape index (κ3) is 2.51. The van der Waals surface area contributed by atoms with Crippen LogP contribution in [0.4, 0.5) is 4.39 Å². The Balaban J connectivity index is 2.31. The molecule has 0 radical (unpaired) electrons. The number of nitrogens with one attached hydrogen (secondary N) is 1. The maximum absolute atomic E-state index is 14.6. The maximum Gasteiger partial charge on any atom is 0.342 e. The van der Waals surface area contributed by atoms with Crippen LogP contribution < -0.4 is 0 Å². The molecule has 4 nitrogen and oxygen atoms in total. The van der Waals surface area contributed by atoms with Gasteiger partial charge < -0.3 is 9.72 Å². The van der Waals surface area contributed by atoms with Gasteiger partial charge in [-0.15, -0.1) is 0 Å². The molecule has 6 heteroatoms. The number of fused-ring (bicyclic) bond motifs is 1. The lowest BCUT2D eigenvalue weighted by Crippen LogP contribution is -2.10. The normalized spacial score (nSPS) is 10.6. The van der Waals surface area contributed by atoms with Crippen LogP contribution in [-0.4, -0.2) is 17.6 Å². The number of esters is 1. The van der Waals surface area contributed by atoms with E-state index >= 15 is 0 Å². The van der Waals surface area contributed by atoms with Crippen LogP contribution in [0.15, 0.2) is 36.4 Å². The highest BCUT2D eigenvalue weighted by Gasteiger charge is 2.26. The summed E-state index contributed by atoms with van der Waals surface area (Å²) in [6, 6.07) is 12.8. The minimum Gasteiger partial charge on any atom is -0.462 e. The van der Waals surface area contributed by atoms with E-state index in [9.17, 15) is 14.4 Å². The van der Waals surface area contributed by atoms with E-state index in [1.54, 1.807) is 19.1 Å². The molecule has 0 bridgehead atoms. The van der Waals surface area contributed by atoms with E-state index < -0.39 is 17.3 Å². The van der Waals surface area contributed by atoms with Crippen LogP contribution in [0.1, 0.15) is 22.8 Å². The summed E-state index contributed by atoms with van der Waals surface area (Å²) in [7, 11) is 0. The Morgan fingerprint density at radius 3 is 2.71 bits per heavy atom. The third-order valence-corrected chi connectivity index (χ3v) is 4.02. The first kappa shape index (κ1) is 16.0. The summed E-state index contributed by atoms with van der Waals surface area (Å²) in [5, 5.41) is 9.55. The van der Waals surface area contributed by atoms with Crippen molar-refractivity contribution in [2.24, 2.45) is 0 Å². The molecule has 0 saturated carbocycles. The van der Waals surface area contributed by atoms with Gasteiger partial charge in [0.2, 0.25) is 0 Å². The Kier molecular flexibility index (Phi) is 4.24. The summed E-state index contributed by atoms with van der Waals surface area (Å²) in [6.07, 6.45) is 0. The molecular formula is C18H12ClFN2O2. The topological polar surface area (TPSA) is 65.9 Å². The van der Waals surface area contributed by atoms with Gasteiger partial charge in [-0.3, -0.25) is 0 Å². The highest BCUT2D eigenvalue weighted by atomic mass is 35.5. The molecule has 0 saturated heterocycles. The van der Waals surface area contributed by atoms with Crippen LogP contribution in [-0.2, 0) is 4.74 Å². The van der Waals surface area contributed by atoms with Crippen molar-refractivity contribution in [3.63, 3.8) is 0 Å². The van der Waals surface area contributed by atoms with Gasteiger partial charge in [0.25, 0.3) is 0 Å². The first-order valence-corrected chi connectivity index (χ1v) is 7.62. The molecular weight excluding hydrogens is 331 g/mol. The molecule has 2 aromatic carbocycles. The van der Waals surface area contributed by atoms with Crippen LogP contribution >= 0.6 is 11.6 Å². The van der Waals surface area contributed by atoms with Gasteiger partial charge >= 0.3 is 5.97 Å². The predicted octanol–water partition coefficient (Wildman–Crippen LogP) is 4.68. The van der Waals surface area contributed by atoms with Crippen molar-refractivity contribution in [2.75, 3.05) is 6.61 Å². The largest absolute Gasteiger partial charge is 0.462 e. The number of H-pyrrole nitrogens is 1. The minimum atomic E-state index is -0.966. The number of benzene rings is 2. The van der Waals surface area contributed by atoms with Gasteiger partial charge in [-0.2, -0.15) is 5.26 Å². The number of carbonyl (C=O) groups is 1. The van der Waals surface area contributed by atoms with Gasteiger partial charge in [-0.1, -0.05) is 41.9 Å². The minimum absolute atomic E-state index is 0.0779. The fraction of sp³-hybridized carbons (Fsp3) is 0.111. The van der Waals surface area contributed by atoms with E-state index in [1.165, 1.54) is 0 Å². The molecule has 0 amide bonds. The number of hydrogen-bond donors (Lipinski definition) is 1. The molecule has 0 aliphatic heterocycles. The van der Waals surface area contributed by atoms with Crippen molar-refractivity contribution in [2.45, 2.75) is 6.92 Å². The zero-order valence-corrected chi connectivity index (χ0v) is 13.4. The van der Waals surface area contributed by atoms with E-state index in [4.69, 9.17) is 16.3 Å². The molecule has 1 aromatic heterocycles.